The molecule has 0 radical (unpaired) electrons. The van der Waals surface area contributed by atoms with Crippen LogP contribution in [-0.4, -0.2) is 28.0 Å². The van der Waals surface area contributed by atoms with Gasteiger partial charge in [-0.05, 0) is 48.2 Å². The Kier molecular flexibility index (Phi) is 6.83. The van der Waals surface area contributed by atoms with Crippen molar-refractivity contribution in [1.82, 2.24) is 0 Å². The number of benzene rings is 2. The van der Waals surface area contributed by atoms with E-state index < -0.39 is 16.0 Å². The number of esters is 1. The third-order valence-corrected chi connectivity index (χ3v) is 6.40. The van der Waals surface area contributed by atoms with E-state index >= 15 is 0 Å². The van der Waals surface area contributed by atoms with Crippen LogP contribution in [0.4, 0.5) is 5.69 Å². The number of halogens is 1. The van der Waals surface area contributed by atoms with E-state index in [1.807, 2.05) is 32.0 Å². The molecule has 0 aliphatic heterocycles. The molecule has 0 heterocycles. The van der Waals surface area contributed by atoms with Crippen LogP contribution in [0.1, 0.15) is 25.0 Å². The number of nitrogens with zero attached hydrogens (tertiary/aromatic N) is 1. The molecule has 26 heavy (non-hydrogen) atoms. The largest absolute Gasteiger partial charge is 0.468 e. The molecule has 0 fully saturated rings. The second-order valence-electron chi connectivity index (χ2n) is 5.67. The number of methoxy groups -OCH3 is 1. The Balaban J connectivity index is 2.68. The van der Waals surface area contributed by atoms with E-state index in [-0.39, 0.29) is 11.4 Å². The number of carbonyl (C=O) groups is 1. The van der Waals surface area contributed by atoms with E-state index in [1.165, 1.54) is 23.5 Å². The van der Waals surface area contributed by atoms with Crippen molar-refractivity contribution in [3.8, 4) is 0 Å². The number of anilines is 1. The van der Waals surface area contributed by atoms with Crippen LogP contribution in [0.2, 0.25) is 0 Å². The van der Waals surface area contributed by atoms with E-state index in [4.69, 9.17) is 4.74 Å². The number of hydrogen-bond donors (Lipinski definition) is 0. The van der Waals surface area contributed by atoms with Gasteiger partial charge in [-0.15, -0.1) is 0 Å². The van der Waals surface area contributed by atoms with Crippen molar-refractivity contribution in [3.63, 3.8) is 0 Å². The van der Waals surface area contributed by atoms with E-state index in [9.17, 15) is 13.2 Å². The zero-order valence-electron chi connectivity index (χ0n) is 15.0. The molecule has 0 atom stereocenters. The maximum atomic E-state index is 13.3. The average Bonchev–Trinajstić information content (AvgIpc) is 2.65. The Labute approximate surface area is 163 Å². The van der Waals surface area contributed by atoms with E-state index in [1.54, 1.807) is 12.1 Å². The summed E-state index contributed by atoms with van der Waals surface area (Å²) in [6.07, 6.45) is 1.30. The predicted molar refractivity (Wildman–Crippen MR) is 106 cm³/mol. The van der Waals surface area contributed by atoms with Gasteiger partial charge in [0.15, 0.2) is 0 Å². The first kappa shape index (κ1) is 20.5. The molecule has 2 aromatic carbocycles. The van der Waals surface area contributed by atoms with Crippen molar-refractivity contribution in [2.45, 2.75) is 31.6 Å². The molecule has 0 unspecified atom stereocenters. The molecule has 140 valence electrons. The van der Waals surface area contributed by atoms with Crippen molar-refractivity contribution in [2.75, 3.05) is 18.0 Å². The van der Waals surface area contributed by atoms with E-state index in [0.717, 1.165) is 15.6 Å². The molecule has 2 aromatic rings. The topological polar surface area (TPSA) is 63.7 Å². The van der Waals surface area contributed by atoms with E-state index in [2.05, 4.69) is 15.9 Å². The van der Waals surface area contributed by atoms with Crippen molar-refractivity contribution >= 4 is 37.6 Å². The molecule has 0 saturated heterocycles. The quantitative estimate of drug-likeness (QED) is 0.612. The van der Waals surface area contributed by atoms with Crippen LogP contribution in [-0.2, 0) is 32.4 Å². The Morgan fingerprint density at radius 3 is 2.04 bits per heavy atom. The summed E-state index contributed by atoms with van der Waals surface area (Å²) >= 11 is 3.31. The smallest absolute Gasteiger partial charge is 0.326 e. The molecule has 0 amide bonds. The molecular weight excluding hydrogens is 418 g/mol. The summed E-state index contributed by atoms with van der Waals surface area (Å²) in [5.74, 6) is -0.612. The first-order chi connectivity index (χ1) is 12.3. The maximum Gasteiger partial charge on any atom is 0.326 e. The van der Waals surface area contributed by atoms with E-state index in [0.29, 0.717) is 18.5 Å². The van der Waals surface area contributed by atoms with Gasteiger partial charge < -0.3 is 4.74 Å². The lowest BCUT2D eigenvalue weighted by Crippen LogP contribution is -2.37. The SMILES string of the molecule is CCc1cccc(CC)c1N(CC(=O)OC)S(=O)(=O)c1ccc(Br)cc1. The molecule has 0 aliphatic carbocycles. The van der Waals surface area contributed by atoms with Gasteiger partial charge in [0, 0.05) is 4.47 Å². The van der Waals surface area contributed by atoms with Gasteiger partial charge in [-0.2, -0.15) is 0 Å². The molecule has 0 N–H and O–H groups in total. The standard InChI is InChI=1S/C19H22BrNO4S/c1-4-14-7-6-8-15(5-2)19(14)21(13-18(22)25-3)26(23,24)17-11-9-16(20)10-12-17/h6-12H,4-5,13H2,1-3H3. The Bertz CT molecular complexity index is 857. The van der Waals surface area contributed by atoms with Crippen LogP contribution < -0.4 is 4.31 Å². The summed E-state index contributed by atoms with van der Waals surface area (Å²) in [7, 11) is -2.68. The van der Waals surface area contributed by atoms with Crippen LogP contribution in [0, 0.1) is 0 Å². The maximum absolute atomic E-state index is 13.3. The lowest BCUT2D eigenvalue weighted by Gasteiger charge is -2.27. The van der Waals surface area contributed by atoms with Crippen molar-refractivity contribution in [2.24, 2.45) is 0 Å². The number of para-hydroxylation sites is 1. The lowest BCUT2D eigenvalue weighted by molar-refractivity contribution is -0.138. The Hall–Kier alpha value is -1.86. The first-order valence-electron chi connectivity index (χ1n) is 8.31. The number of carbonyl (C=O) groups excluding carboxylic acids is 1. The molecule has 2 rings (SSSR count). The number of ether oxygens (including phenoxy) is 1. The molecule has 5 nitrogen and oxygen atoms in total. The second kappa shape index (κ2) is 8.68. The molecule has 0 aliphatic rings. The fraction of sp³-hybridized carbons (Fsp3) is 0.316. The highest BCUT2D eigenvalue weighted by molar-refractivity contribution is 9.10. The minimum Gasteiger partial charge on any atom is -0.468 e. The number of rotatable bonds is 7. The molecule has 7 heteroatoms. The summed E-state index contributed by atoms with van der Waals surface area (Å²) in [6, 6.07) is 12.0. The minimum absolute atomic E-state index is 0.123. The van der Waals surface area contributed by atoms with Crippen LogP contribution in [0.3, 0.4) is 0 Å². The summed E-state index contributed by atoms with van der Waals surface area (Å²) in [5, 5.41) is 0. The zero-order chi connectivity index (χ0) is 19.3. The van der Waals surface area contributed by atoms with Gasteiger partial charge in [-0.25, -0.2) is 8.42 Å². The van der Waals surface area contributed by atoms with Crippen LogP contribution in [0.15, 0.2) is 51.8 Å². The molecule has 0 saturated carbocycles. The highest BCUT2D eigenvalue weighted by atomic mass is 79.9. The van der Waals surface area contributed by atoms with Gasteiger partial charge in [0.2, 0.25) is 0 Å². The fourth-order valence-corrected chi connectivity index (χ4v) is 4.48. The van der Waals surface area contributed by atoms with Gasteiger partial charge in [0.25, 0.3) is 10.0 Å². The third-order valence-electron chi connectivity index (χ3n) is 4.12. The zero-order valence-corrected chi connectivity index (χ0v) is 17.4. The van der Waals surface area contributed by atoms with Gasteiger partial charge in [0.05, 0.1) is 17.7 Å². The van der Waals surface area contributed by atoms with Crippen LogP contribution in [0.5, 0.6) is 0 Å². The summed E-state index contributed by atoms with van der Waals surface area (Å²) in [4.78, 5) is 12.1. The summed E-state index contributed by atoms with van der Waals surface area (Å²) in [6.45, 7) is 3.54. The van der Waals surface area contributed by atoms with Gasteiger partial charge in [-0.3, -0.25) is 9.10 Å². The normalized spacial score (nSPS) is 11.2. The van der Waals surface area contributed by atoms with Crippen molar-refractivity contribution in [3.05, 3.63) is 58.1 Å². The Morgan fingerprint density at radius 2 is 1.58 bits per heavy atom. The van der Waals surface area contributed by atoms with Crippen LogP contribution >= 0.6 is 15.9 Å². The van der Waals surface area contributed by atoms with Crippen molar-refractivity contribution < 1.29 is 17.9 Å². The average molecular weight is 440 g/mol. The molecule has 0 spiro atoms. The minimum atomic E-state index is -3.93. The third kappa shape index (κ3) is 4.27. The van der Waals surface area contributed by atoms with Crippen LogP contribution in [0.25, 0.3) is 0 Å². The molecule has 0 bridgehead atoms. The van der Waals surface area contributed by atoms with Gasteiger partial charge >= 0.3 is 5.97 Å². The lowest BCUT2D eigenvalue weighted by atomic mass is 10.0. The number of sulfonamides is 1. The molecular formula is C19H22BrNO4S. The van der Waals surface area contributed by atoms with Crippen molar-refractivity contribution in [1.29, 1.82) is 0 Å². The predicted octanol–water partition coefficient (Wildman–Crippen LogP) is 3.94. The monoisotopic (exact) mass is 439 g/mol. The molecule has 0 aromatic heterocycles. The Morgan fingerprint density at radius 1 is 1.04 bits per heavy atom. The summed E-state index contributed by atoms with van der Waals surface area (Å²) in [5.41, 5.74) is 2.30. The highest BCUT2D eigenvalue weighted by Gasteiger charge is 2.30. The van der Waals surface area contributed by atoms with Gasteiger partial charge in [-0.1, -0.05) is 48.0 Å². The second-order valence-corrected chi connectivity index (χ2v) is 8.45. The van der Waals surface area contributed by atoms with Gasteiger partial charge in [0.1, 0.15) is 6.54 Å². The summed E-state index contributed by atoms with van der Waals surface area (Å²) < 4.78 is 33.4. The first-order valence-corrected chi connectivity index (χ1v) is 10.5. The fourth-order valence-electron chi connectivity index (χ4n) is 2.74. The highest BCUT2D eigenvalue weighted by Crippen LogP contribution is 2.32. The number of aryl methyl sites for hydroxylation is 2. The number of hydrogen-bond acceptors (Lipinski definition) is 4.